The lowest BCUT2D eigenvalue weighted by atomic mass is 10.2. The number of likely N-dealkylation sites (tertiary alicyclic amines) is 1. The van der Waals surface area contributed by atoms with Crippen LogP contribution < -0.4 is 0 Å². The number of hydrogen-bond acceptors (Lipinski definition) is 5. The molecule has 1 saturated heterocycles. The van der Waals surface area contributed by atoms with Gasteiger partial charge in [-0.3, -0.25) is 4.79 Å². The van der Waals surface area contributed by atoms with Gasteiger partial charge in [0.25, 0.3) is 5.91 Å². The van der Waals surface area contributed by atoms with Crippen molar-refractivity contribution in [3.8, 4) is 0 Å². The van der Waals surface area contributed by atoms with E-state index in [9.17, 15) is 4.79 Å². The fourth-order valence-electron chi connectivity index (χ4n) is 2.71. The molecule has 1 saturated carbocycles. The molecule has 2 aromatic rings. The summed E-state index contributed by atoms with van der Waals surface area (Å²) in [5.74, 6) is 1.97. The van der Waals surface area contributed by atoms with Crippen molar-refractivity contribution in [2.24, 2.45) is 0 Å². The average molecular weight is 289 g/mol. The molecular weight excluding hydrogens is 274 g/mol. The first-order valence-electron chi connectivity index (χ1n) is 6.99. The third-order valence-corrected chi connectivity index (χ3v) is 4.65. The van der Waals surface area contributed by atoms with E-state index in [2.05, 4.69) is 10.1 Å². The third kappa shape index (κ3) is 2.04. The number of carbonyl (C=O) groups is 1. The lowest BCUT2D eigenvalue weighted by molar-refractivity contribution is 0.0710. The molecule has 0 radical (unpaired) electrons. The number of amides is 1. The molecule has 1 amide bonds. The van der Waals surface area contributed by atoms with E-state index in [0.717, 1.165) is 43.6 Å². The van der Waals surface area contributed by atoms with Crippen LogP contribution in [0.5, 0.6) is 0 Å². The monoisotopic (exact) mass is 289 g/mol. The molecule has 2 aromatic heterocycles. The van der Waals surface area contributed by atoms with Gasteiger partial charge in [0.05, 0.1) is 5.56 Å². The number of thiophene rings is 1. The number of aromatic nitrogens is 2. The van der Waals surface area contributed by atoms with Crippen LogP contribution in [-0.4, -0.2) is 27.5 Å². The van der Waals surface area contributed by atoms with Crippen LogP contribution in [0.25, 0.3) is 0 Å². The van der Waals surface area contributed by atoms with Crippen molar-refractivity contribution >= 4 is 17.2 Å². The molecule has 1 aliphatic heterocycles. The highest BCUT2D eigenvalue weighted by Crippen LogP contribution is 2.40. The van der Waals surface area contributed by atoms with Gasteiger partial charge >= 0.3 is 0 Å². The molecule has 104 valence electrons. The van der Waals surface area contributed by atoms with Crippen LogP contribution in [0.15, 0.2) is 21.3 Å². The van der Waals surface area contributed by atoms with Gasteiger partial charge in [-0.1, -0.05) is 5.16 Å². The molecule has 4 rings (SSSR count). The summed E-state index contributed by atoms with van der Waals surface area (Å²) in [6, 6.07) is 1.81. The molecule has 1 atom stereocenters. The topological polar surface area (TPSA) is 59.2 Å². The van der Waals surface area contributed by atoms with Gasteiger partial charge in [-0.05, 0) is 37.1 Å². The molecule has 0 aromatic carbocycles. The molecule has 3 heterocycles. The second-order valence-electron chi connectivity index (χ2n) is 5.43. The number of hydrogen-bond donors (Lipinski definition) is 0. The highest BCUT2D eigenvalue weighted by molar-refractivity contribution is 7.08. The van der Waals surface area contributed by atoms with Crippen LogP contribution in [0.4, 0.5) is 0 Å². The van der Waals surface area contributed by atoms with E-state index in [-0.39, 0.29) is 11.9 Å². The van der Waals surface area contributed by atoms with Gasteiger partial charge in [-0.15, -0.1) is 0 Å². The fraction of sp³-hybridized carbons (Fsp3) is 0.500. The first-order valence-corrected chi connectivity index (χ1v) is 7.94. The van der Waals surface area contributed by atoms with E-state index < -0.39 is 0 Å². The highest BCUT2D eigenvalue weighted by Gasteiger charge is 2.36. The van der Waals surface area contributed by atoms with E-state index in [1.165, 1.54) is 0 Å². The molecule has 2 fully saturated rings. The molecule has 1 aliphatic carbocycles. The molecule has 1 unspecified atom stereocenters. The van der Waals surface area contributed by atoms with E-state index >= 15 is 0 Å². The minimum Gasteiger partial charge on any atom is -0.337 e. The van der Waals surface area contributed by atoms with Crippen LogP contribution in [0.1, 0.15) is 59.7 Å². The van der Waals surface area contributed by atoms with Crippen molar-refractivity contribution < 1.29 is 9.32 Å². The number of rotatable bonds is 3. The fourth-order valence-corrected chi connectivity index (χ4v) is 3.34. The number of carbonyl (C=O) groups excluding carboxylic acids is 1. The van der Waals surface area contributed by atoms with Crippen LogP contribution >= 0.6 is 11.3 Å². The Morgan fingerprint density at radius 1 is 1.40 bits per heavy atom. The molecule has 20 heavy (non-hydrogen) atoms. The third-order valence-electron chi connectivity index (χ3n) is 3.97. The molecule has 0 spiro atoms. The Balaban J connectivity index is 1.58. The zero-order valence-corrected chi connectivity index (χ0v) is 11.8. The summed E-state index contributed by atoms with van der Waals surface area (Å²) in [4.78, 5) is 18.9. The maximum Gasteiger partial charge on any atom is 0.255 e. The minimum atomic E-state index is -0.0533. The van der Waals surface area contributed by atoms with Crippen molar-refractivity contribution in [1.82, 2.24) is 15.0 Å². The van der Waals surface area contributed by atoms with Gasteiger partial charge in [0.1, 0.15) is 6.04 Å². The van der Waals surface area contributed by atoms with Gasteiger partial charge in [0, 0.05) is 17.8 Å². The normalized spacial score (nSPS) is 22.4. The van der Waals surface area contributed by atoms with Crippen LogP contribution in [-0.2, 0) is 0 Å². The van der Waals surface area contributed by atoms with Gasteiger partial charge < -0.3 is 9.42 Å². The van der Waals surface area contributed by atoms with Gasteiger partial charge in [-0.25, -0.2) is 0 Å². The second-order valence-corrected chi connectivity index (χ2v) is 6.21. The minimum absolute atomic E-state index is 0.0533. The lowest BCUT2D eigenvalue weighted by Gasteiger charge is -2.21. The van der Waals surface area contributed by atoms with E-state index in [1.807, 2.05) is 21.7 Å². The molecular formula is C14H15N3O2S. The molecule has 0 bridgehead atoms. The Morgan fingerprint density at radius 3 is 3.05 bits per heavy atom. The van der Waals surface area contributed by atoms with E-state index in [0.29, 0.717) is 11.8 Å². The Bertz CT molecular complexity index is 618. The van der Waals surface area contributed by atoms with Gasteiger partial charge in [0.2, 0.25) is 5.89 Å². The second kappa shape index (κ2) is 4.70. The Morgan fingerprint density at radius 2 is 2.30 bits per heavy atom. The molecule has 5 nitrogen and oxygen atoms in total. The summed E-state index contributed by atoms with van der Waals surface area (Å²) in [5.41, 5.74) is 0.754. The summed E-state index contributed by atoms with van der Waals surface area (Å²) in [5, 5.41) is 7.87. The largest absolute Gasteiger partial charge is 0.337 e. The van der Waals surface area contributed by atoms with Gasteiger partial charge in [-0.2, -0.15) is 16.3 Å². The van der Waals surface area contributed by atoms with Gasteiger partial charge in [0.15, 0.2) is 5.82 Å². The molecule has 6 heteroatoms. The van der Waals surface area contributed by atoms with Crippen molar-refractivity contribution in [2.45, 2.75) is 37.6 Å². The Hall–Kier alpha value is -1.69. The first kappa shape index (κ1) is 12.1. The van der Waals surface area contributed by atoms with Crippen LogP contribution in [0, 0.1) is 0 Å². The maximum absolute atomic E-state index is 12.5. The van der Waals surface area contributed by atoms with E-state index in [4.69, 9.17) is 4.52 Å². The van der Waals surface area contributed by atoms with Crippen molar-refractivity contribution in [3.63, 3.8) is 0 Å². The highest BCUT2D eigenvalue weighted by atomic mass is 32.1. The van der Waals surface area contributed by atoms with Crippen LogP contribution in [0.3, 0.4) is 0 Å². The Labute approximate surface area is 120 Å². The predicted molar refractivity (Wildman–Crippen MR) is 73.6 cm³/mol. The first-order chi connectivity index (χ1) is 9.83. The number of nitrogens with zero attached hydrogens (tertiary/aromatic N) is 3. The molecule has 0 N–H and O–H groups in total. The van der Waals surface area contributed by atoms with Crippen molar-refractivity contribution in [3.05, 3.63) is 34.1 Å². The Kier molecular flexibility index (Phi) is 2.84. The summed E-state index contributed by atoms with van der Waals surface area (Å²) in [7, 11) is 0. The smallest absolute Gasteiger partial charge is 0.255 e. The van der Waals surface area contributed by atoms with Crippen molar-refractivity contribution in [1.29, 1.82) is 0 Å². The summed E-state index contributed by atoms with van der Waals surface area (Å²) in [6.07, 6.45) is 4.20. The quantitative estimate of drug-likeness (QED) is 0.871. The SMILES string of the molecule is O=C(c1ccsc1)N1CCCC1c1nc(C2CC2)no1. The summed E-state index contributed by atoms with van der Waals surface area (Å²) >= 11 is 1.54. The average Bonchev–Trinajstić information content (AvgIpc) is 2.97. The van der Waals surface area contributed by atoms with Crippen molar-refractivity contribution in [2.75, 3.05) is 6.54 Å². The lowest BCUT2D eigenvalue weighted by Crippen LogP contribution is -2.30. The zero-order chi connectivity index (χ0) is 13.5. The molecule has 2 aliphatic rings. The predicted octanol–water partition coefficient (Wildman–Crippen LogP) is 2.99. The standard InChI is InChI=1S/C14H15N3O2S/c18-14(10-5-7-20-8-10)17-6-1-2-11(17)13-15-12(16-19-13)9-3-4-9/h5,7-9,11H,1-4,6H2. The zero-order valence-electron chi connectivity index (χ0n) is 11.0. The summed E-state index contributed by atoms with van der Waals surface area (Å²) in [6.45, 7) is 0.764. The van der Waals surface area contributed by atoms with E-state index in [1.54, 1.807) is 11.3 Å². The summed E-state index contributed by atoms with van der Waals surface area (Å²) < 4.78 is 5.40. The maximum atomic E-state index is 12.5. The van der Waals surface area contributed by atoms with Crippen LogP contribution in [0.2, 0.25) is 0 Å².